The SMILES string of the molecule is CCc1csc(Oc2ccc(CNC(=O)c3ccc(F)nc3N)cc2)c1. The van der Waals surface area contributed by atoms with Crippen LogP contribution < -0.4 is 15.8 Å². The number of nitrogens with two attached hydrogens (primary N) is 1. The van der Waals surface area contributed by atoms with Crippen LogP contribution in [0.25, 0.3) is 0 Å². The lowest BCUT2D eigenvalue weighted by Gasteiger charge is -2.08. The highest BCUT2D eigenvalue weighted by molar-refractivity contribution is 7.12. The molecule has 7 heteroatoms. The topological polar surface area (TPSA) is 77.2 Å². The van der Waals surface area contributed by atoms with Gasteiger partial charge in [0.05, 0.1) is 5.56 Å². The van der Waals surface area contributed by atoms with Gasteiger partial charge in [-0.25, -0.2) is 4.98 Å². The predicted molar refractivity (Wildman–Crippen MR) is 100.0 cm³/mol. The van der Waals surface area contributed by atoms with Gasteiger partial charge >= 0.3 is 0 Å². The van der Waals surface area contributed by atoms with E-state index in [4.69, 9.17) is 10.5 Å². The van der Waals surface area contributed by atoms with Crippen molar-refractivity contribution >= 4 is 23.1 Å². The molecule has 1 amide bonds. The average Bonchev–Trinajstić information content (AvgIpc) is 3.08. The standard InChI is InChI=1S/C19H18FN3O2S/c1-2-12-9-17(26-11-12)25-14-5-3-13(4-6-14)10-22-19(24)15-7-8-16(20)23-18(15)21/h3-9,11H,2,10H2,1H3,(H2,21,23)(H,22,24). The number of aromatic nitrogens is 1. The van der Waals surface area contributed by atoms with E-state index in [1.807, 2.05) is 30.3 Å². The number of hydrogen-bond acceptors (Lipinski definition) is 5. The van der Waals surface area contributed by atoms with E-state index in [0.29, 0.717) is 6.54 Å². The normalized spacial score (nSPS) is 10.5. The second kappa shape index (κ2) is 7.97. The molecule has 26 heavy (non-hydrogen) atoms. The van der Waals surface area contributed by atoms with Crippen LogP contribution in [0.15, 0.2) is 47.8 Å². The molecule has 0 spiro atoms. The molecule has 0 fully saturated rings. The predicted octanol–water partition coefficient (Wildman–Crippen LogP) is 4.15. The molecule has 134 valence electrons. The fourth-order valence-electron chi connectivity index (χ4n) is 2.30. The van der Waals surface area contributed by atoms with E-state index in [9.17, 15) is 9.18 Å². The largest absolute Gasteiger partial charge is 0.447 e. The number of nitrogen functional groups attached to an aromatic ring is 1. The number of aryl methyl sites for hydroxylation is 1. The first-order valence-electron chi connectivity index (χ1n) is 8.09. The zero-order valence-electron chi connectivity index (χ0n) is 14.2. The van der Waals surface area contributed by atoms with Crippen molar-refractivity contribution in [1.82, 2.24) is 10.3 Å². The Balaban J connectivity index is 1.58. The van der Waals surface area contributed by atoms with Gasteiger partial charge in [0.15, 0.2) is 5.06 Å². The summed E-state index contributed by atoms with van der Waals surface area (Å²) in [5, 5.41) is 5.66. The van der Waals surface area contributed by atoms with Crippen LogP contribution in [0.4, 0.5) is 10.2 Å². The lowest BCUT2D eigenvalue weighted by molar-refractivity contribution is 0.0951. The molecule has 3 aromatic rings. The van der Waals surface area contributed by atoms with Gasteiger partial charge in [-0.1, -0.05) is 19.1 Å². The second-order valence-electron chi connectivity index (χ2n) is 5.62. The number of thiophene rings is 1. The van der Waals surface area contributed by atoms with Crippen molar-refractivity contribution in [3.05, 3.63) is 70.5 Å². The monoisotopic (exact) mass is 371 g/mol. The fraction of sp³-hybridized carbons (Fsp3) is 0.158. The number of hydrogen-bond donors (Lipinski definition) is 2. The van der Waals surface area contributed by atoms with Gasteiger partial charge in [-0.15, -0.1) is 11.3 Å². The van der Waals surface area contributed by atoms with E-state index in [2.05, 4.69) is 22.6 Å². The molecule has 0 atom stereocenters. The molecule has 0 radical (unpaired) electrons. The number of rotatable bonds is 6. The zero-order chi connectivity index (χ0) is 18.5. The number of carbonyl (C=O) groups is 1. The molecule has 0 bridgehead atoms. The molecule has 0 saturated carbocycles. The van der Waals surface area contributed by atoms with E-state index in [1.54, 1.807) is 11.3 Å². The number of ether oxygens (including phenoxy) is 1. The van der Waals surface area contributed by atoms with Crippen molar-refractivity contribution in [2.45, 2.75) is 19.9 Å². The van der Waals surface area contributed by atoms with Gasteiger partial charge in [0.25, 0.3) is 5.91 Å². The Kier molecular flexibility index (Phi) is 5.48. The minimum Gasteiger partial charge on any atom is -0.447 e. The Morgan fingerprint density at radius 3 is 2.65 bits per heavy atom. The van der Waals surface area contributed by atoms with Gasteiger partial charge in [0.1, 0.15) is 11.6 Å². The van der Waals surface area contributed by atoms with Crippen LogP contribution >= 0.6 is 11.3 Å². The molecule has 2 heterocycles. The Morgan fingerprint density at radius 2 is 2.00 bits per heavy atom. The molecule has 5 nitrogen and oxygen atoms in total. The molecule has 2 aromatic heterocycles. The highest BCUT2D eigenvalue weighted by Crippen LogP contribution is 2.29. The first kappa shape index (κ1) is 17.9. The summed E-state index contributed by atoms with van der Waals surface area (Å²) in [6, 6.07) is 11.9. The van der Waals surface area contributed by atoms with Crippen molar-refractivity contribution in [2.75, 3.05) is 5.73 Å². The minimum absolute atomic E-state index is 0.131. The van der Waals surface area contributed by atoms with E-state index in [1.165, 1.54) is 11.6 Å². The van der Waals surface area contributed by atoms with Crippen LogP contribution in [0.2, 0.25) is 0 Å². The van der Waals surface area contributed by atoms with Crippen molar-refractivity contribution < 1.29 is 13.9 Å². The Labute approximate surface area is 154 Å². The number of benzene rings is 1. The maximum absolute atomic E-state index is 12.9. The molecular formula is C19H18FN3O2S. The smallest absolute Gasteiger partial charge is 0.255 e. The quantitative estimate of drug-likeness (QED) is 0.638. The van der Waals surface area contributed by atoms with Crippen LogP contribution in [-0.4, -0.2) is 10.9 Å². The summed E-state index contributed by atoms with van der Waals surface area (Å²) in [4.78, 5) is 15.6. The minimum atomic E-state index is -0.716. The number of pyridine rings is 1. The molecule has 0 aliphatic heterocycles. The molecule has 3 rings (SSSR count). The van der Waals surface area contributed by atoms with Crippen molar-refractivity contribution in [2.24, 2.45) is 0 Å². The number of nitrogens with zero attached hydrogens (tertiary/aromatic N) is 1. The highest BCUT2D eigenvalue weighted by atomic mass is 32.1. The summed E-state index contributed by atoms with van der Waals surface area (Å²) in [7, 11) is 0. The molecule has 1 aromatic carbocycles. The Bertz CT molecular complexity index is 909. The van der Waals surface area contributed by atoms with Gasteiger partial charge < -0.3 is 15.8 Å². The lowest BCUT2D eigenvalue weighted by atomic mass is 10.2. The number of amides is 1. The Morgan fingerprint density at radius 1 is 1.23 bits per heavy atom. The lowest BCUT2D eigenvalue weighted by Crippen LogP contribution is -2.24. The third kappa shape index (κ3) is 4.37. The summed E-state index contributed by atoms with van der Waals surface area (Å²) in [5.41, 5.74) is 7.87. The van der Waals surface area contributed by atoms with Crippen molar-refractivity contribution in [3.63, 3.8) is 0 Å². The fourth-order valence-corrected chi connectivity index (χ4v) is 3.17. The van der Waals surface area contributed by atoms with Crippen molar-refractivity contribution in [1.29, 1.82) is 0 Å². The summed E-state index contributed by atoms with van der Waals surface area (Å²) in [5.74, 6) is -0.516. The van der Waals surface area contributed by atoms with Gasteiger partial charge in [-0.3, -0.25) is 4.79 Å². The molecule has 0 saturated heterocycles. The van der Waals surface area contributed by atoms with E-state index in [0.717, 1.165) is 28.9 Å². The molecular weight excluding hydrogens is 353 g/mol. The van der Waals surface area contributed by atoms with Crippen LogP contribution in [0, 0.1) is 5.95 Å². The van der Waals surface area contributed by atoms with Gasteiger partial charge in [0, 0.05) is 6.54 Å². The van der Waals surface area contributed by atoms with E-state index < -0.39 is 11.9 Å². The van der Waals surface area contributed by atoms with Crippen LogP contribution in [0.1, 0.15) is 28.4 Å². The number of halogens is 1. The number of carbonyl (C=O) groups excluding carboxylic acids is 1. The summed E-state index contributed by atoms with van der Waals surface area (Å²) in [6.07, 6.45) is 0.979. The molecule has 0 aliphatic carbocycles. The Hall–Kier alpha value is -2.93. The van der Waals surface area contributed by atoms with Gasteiger partial charge in [0.2, 0.25) is 5.95 Å². The molecule has 3 N–H and O–H groups in total. The number of anilines is 1. The summed E-state index contributed by atoms with van der Waals surface area (Å²) in [6.45, 7) is 2.42. The summed E-state index contributed by atoms with van der Waals surface area (Å²) >= 11 is 1.56. The maximum atomic E-state index is 12.9. The van der Waals surface area contributed by atoms with E-state index >= 15 is 0 Å². The first-order chi connectivity index (χ1) is 12.5. The van der Waals surface area contributed by atoms with E-state index in [-0.39, 0.29) is 11.4 Å². The van der Waals surface area contributed by atoms with Crippen LogP contribution in [-0.2, 0) is 13.0 Å². The average molecular weight is 371 g/mol. The van der Waals surface area contributed by atoms with Crippen molar-refractivity contribution in [3.8, 4) is 10.8 Å². The highest BCUT2D eigenvalue weighted by Gasteiger charge is 2.11. The van der Waals surface area contributed by atoms with Crippen LogP contribution in [0.3, 0.4) is 0 Å². The van der Waals surface area contributed by atoms with Gasteiger partial charge in [-0.05, 0) is 53.3 Å². The first-order valence-corrected chi connectivity index (χ1v) is 8.97. The number of nitrogens with one attached hydrogen (secondary N) is 1. The second-order valence-corrected chi connectivity index (χ2v) is 6.50. The molecule has 0 unspecified atom stereocenters. The maximum Gasteiger partial charge on any atom is 0.255 e. The molecule has 0 aliphatic rings. The zero-order valence-corrected chi connectivity index (χ0v) is 15.0. The third-order valence-electron chi connectivity index (χ3n) is 3.77. The summed E-state index contributed by atoms with van der Waals surface area (Å²) < 4.78 is 18.8. The van der Waals surface area contributed by atoms with Crippen LogP contribution in [0.5, 0.6) is 10.8 Å². The third-order valence-corrected chi connectivity index (χ3v) is 4.62. The van der Waals surface area contributed by atoms with Gasteiger partial charge in [-0.2, -0.15) is 4.39 Å².